The zero-order chi connectivity index (χ0) is 18.1. The zero-order valence-corrected chi connectivity index (χ0v) is 14.8. The number of nitrogens with two attached hydrogens (primary N) is 1. The lowest BCUT2D eigenvalue weighted by Crippen LogP contribution is -2.71. The first kappa shape index (κ1) is 18.4. The lowest BCUT2D eigenvalue weighted by Gasteiger charge is -2.42. The highest BCUT2D eigenvalue weighted by atomic mass is 32.2. The Kier molecular flexibility index (Phi) is 5.32. The Morgan fingerprint density at radius 1 is 1.62 bits per heavy atom. The Labute approximate surface area is 145 Å². The molecule has 0 aliphatic carbocycles. The average molecular weight is 395 g/mol. The van der Waals surface area contributed by atoms with Crippen LogP contribution in [0.15, 0.2) is 10.5 Å². The quantitative estimate of drug-likeness (QED) is 0.234. The fourth-order valence-corrected chi connectivity index (χ4v) is 4.56. The van der Waals surface area contributed by atoms with Gasteiger partial charge in [0.15, 0.2) is 10.8 Å². The van der Waals surface area contributed by atoms with E-state index >= 15 is 0 Å². The number of rotatable bonds is 6. The molecule has 132 valence electrons. The van der Waals surface area contributed by atoms with E-state index in [1.165, 1.54) is 18.7 Å². The number of anilines is 1. The predicted molar refractivity (Wildman–Crippen MR) is 87.7 cm³/mol. The molecular weight excluding hydrogens is 382 g/mol. The average Bonchev–Trinajstić information content (AvgIpc) is 2.91. The highest BCUT2D eigenvalue weighted by Crippen LogP contribution is 2.30. The Morgan fingerprint density at radius 3 is 2.75 bits per heavy atom. The first-order valence-corrected chi connectivity index (χ1v) is 9.74. The summed E-state index contributed by atoms with van der Waals surface area (Å²) in [5, 5.41) is 6.62. The van der Waals surface area contributed by atoms with Crippen LogP contribution in [-0.2, 0) is 24.7 Å². The summed E-state index contributed by atoms with van der Waals surface area (Å²) < 4.78 is 31.6. The molecule has 2 amide bonds. The van der Waals surface area contributed by atoms with Gasteiger partial charge in [0, 0.05) is 5.38 Å². The van der Waals surface area contributed by atoms with Gasteiger partial charge in [0.1, 0.15) is 24.2 Å². The smallest absolute Gasteiger partial charge is 0.363 e. The molecule has 4 N–H and O–H groups in total. The standard InChI is InChI=1S/C10H13N5O6S3/c1-21-14-5(4-3-23-10(11)12-4)7(16)13-6-8(17)15(9(6)22-2)24(18,19)20/h3,6,9H,1-2H3,(H2,11,12)(H,13,16)(H,18,19,20)/t6-,9+/m1/s1. The van der Waals surface area contributed by atoms with Crippen molar-refractivity contribution >= 4 is 56.1 Å². The van der Waals surface area contributed by atoms with Crippen LogP contribution in [0.4, 0.5) is 5.13 Å². The SMILES string of the molecule is CON=C(C(=O)N[C@@H]1C(=O)N(S(=O)(=O)O)[C@H]1SC)c1csc(N)n1. The Balaban J connectivity index is 2.19. The Morgan fingerprint density at radius 2 is 2.29 bits per heavy atom. The van der Waals surface area contributed by atoms with E-state index in [-0.39, 0.29) is 20.8 Å². The zero-order valence-electron chi connectivity index (χ0n) is 12.4. The molecule has 0 saturated carbocycles. The fraction of sp³-hybridized carbons (Fsp3) is 0.400. The van der Waals surface area contributed by atoms with Gasteiger partial charge in [0.05, 0.1) is 0 Å². The number of carbonyl (C=O) groups excluding carboxylic acids is 2. The molecule has 11 nitrogen and oxygen atoms in total. The third-order valence-corrected chi connectivity index (χ3v) is 5.62. The number of amides is 2. The number of hydrogen-bond acceptors (Lipinski definition) is 10. The van der Waals surface area contributed by atoms with Crippen LogP contribution in [0.2, 0.25) is 0 Å². The van der Waals surface area contributed by atoms with Crippen LogP contribution >= 0.6 is 23.1 Å². The van der Waals surface area contributed by atoms with Gasteiger partial charge in [-0.25, -0.2) is 4.98 Å². The molecule has 1 aliphatic rings. The van der Waals surface area contributed by atoms with Gasteiger partial charge >= 0.3 is 10.3 Å². The molecule has 0 unspecified atom stereocenters. The molecule has 1 aliphatic heterocycles. The molecule has 1 fully saturated rings. The van der Waals surface area contributed by atoms with Crippen LogP contribution in [0, 0.1) is 0 Å². The van der Waals surface area contributed by atoms with Crippen LogP contribution in [0.5, 0.6) is 0 Å². The van der Waals surface area contributed by atoms with Crippen molar-refractivity contribution in [3.63, 3.8) is 0 Å². The van der Waals surface area contributed by atoms with Crippen molar-refractivity contribution in [3.05, 3.63) is 11.1 Å². The number of thiazole rings is 1. The topological polar surface area (TPSA) is 164 Å². The number of carbonyl (C=O) groups is 2. The summed E-state index contributed by atoms with van der Waals surface area (Å²) in [5.41, 5.74) is 5.43. The summed E-state index contributed by atoms with van der Waals surface area (Å²) in [7, 11) is -3.47. The normalized spacial score (nSPS) is 21.4. The summed E-state index contributed by atoms with van der Waals surface area (Å²) in [6.45, 7) is 0. The van der Waals surface area contributed by atoms with E-state index in [0.29, 0.717) is 0 Å². The summed E-state index contributed by atoms with van der Waals surface area (Å²) in [5.74, 6) is -1.76. The third kappa shape index (κ3) is 3.45. The minimum atomic E-state index is -4.70. The second-order valence-electron chi connectivity index (χ2n) is 4.38. The summed E-state index contributed by atoms with van der Waals surface area (Å²) in [4.78, 5) is 32.7. The molecule has 2 rings (SSSR count). The van der Waals surface area contributed by atoms with Gasteiger partial charge in [-0.15, -0.1) is 23.1 Å². The molecule has 2 atom stereocenters. The number of nitrogen functional groups attached to an aromatic ring is 1. The molecule has 0 radical (unpaired) electrons. The summed E-state index contributed by atoms with van der Waals surface area (Å²) in [6.07, 6.45) is 1.53. The summed E-state index contributed by atoms with van der Waals surface area (Å²) >= 11 is 2.05. The van der Waals surface area contributed by atoms with E-state index in [2.05, 4.69) is 20.3 Å². The summed E-state index contributed by atoms with van der Waals surface area (Å²) in [6, 6.07) is -1.15. The number of β-lactam (4-membered cyclic amide) rings is 1. The highest BCUT2D eigenvalue weighted by Gasteiger charge is 2.54. The molecule has 0 aromatic carbocycles. The maximum Gasteiger partial charge on any atom is 0.363 e. The van der Waals surface area contributed by atoms with Crippen molar-refractivity contribution in [2.75, 3.05) is 19.1 Å². The van der Waals surface area contributed by atoms with Crippen LogP contribution in [-0.4, -0.2) is 64.6 Å². The lowest BCUT2D eigenvalue weighted by molar-refractivity contribution is -0.140. The molecule has 1 aromatic heterocycles. The Bertz CT molecular complexity index is 791. The number of oxime groups is 1. The van der Waals surface area contributed by atoms with Gasteiger partial charge < -0.3 is 15.9 Å². The van der Waals surface area contributed by atoms with E-state index in [9.17, 15) is 18.0 Å². The third-order valence-electron chi connectivity index (χ3n) is 2.94. The minimum Gasteiger partial charge on any atom is -0.398 e. The van der Waals surface area contributed by atoms with Gasteiger partial charge in [-0.05, 0) is 6.26 Å². The number of aromatic nitrogens is 1. The van der Waals surface area contributed by atoms with Gasteiger partial charge in [0.25, 0.3) is 11.8 Å². The number of thioether (sulfide) groups is 1. The maximum atomic E-state index is 12.3. The minimum absolute atomic E-state index is 0.149. The Hall–Kier alpha value is -1.90. The van der Waals surface area contributed by atoms with Crippen molar-refractivity contribution in [3.8, 4) is 0 Å². The van der Waals surface area contributed by atoms with Crippen LogP contribution in [0.25, 0.3) is 0 Å². The largest absolute Gasteiger partial charge is 0.398 e. The van der Waals surface area contributed by atoms with E-state index in [1.54, 1.807) is 0 Å². The van der Waals surface area contributed by atoms with Gasteiger partial charge in [-0.1, -0.05) is 5.16 Å². The highest BCUT2D eigenvalue weighted by molar-refractivity contribution is 8.00. The van der Waals surface area contributed by atoms with Gasteiger partial charge in [-0.3, -0.25) is 14.1 Å². The number of nitrogens with zero attached hydrogens (tertiary/aromatic N) is 3. The van der Waals surface area contributed by atoms with Crippen molar-refractivity contribution < 1.29 is 27.4 Å². The van der Waals surface area contributed by atoms with Crippen LogP contribution in [0.3, 0.4) is 0 Å². The second-order valence-corrected chi connectivity index (χ2v) is 7.52. The van der Waals surface area contributed by atoms with Crippen molar-refractivity contribution in [1.82, 2.24) is 14.6 Å². The van der Waals surface area contributed by atoms with E-state index < -0.39 is 33.5 Å². The molecule has 1 aromatic rings. The molecule has 0 spiro atoms. The van der Waals surface area contributed by atoms with E-state index in [4.69, 9.17) is 10.3 Å². The number of nitrogens with one attached hydrogen (secondary N) is 1. The molecule has 1 saturated heterocycles. The van der Waals surface area contributed by atoms with Crippen molar-refractivity contribution in [2.24, 2.45) is 5.16 Å². The van der Waals surface area contributed by atoms with E-state index in [1.807, 2.05) is 0 Å². The maximum absolute atomic E-state index is 12.3. The van der Waals surface area contributed by atoms with Crippen molar-refractivity contribution in [1.29, 1.82) is 0 Å². The number of hydrogen-bond donors (Lipinski definition) is 3. The molecule has 0 bridgehead atoms. The first-order chi connectivity index (χ1) is 11.2. The molecule has 14 heteroatoms. The molecule has 24 heavy (non-hydrogen) atoms. The lowest BCUT2D eigenvalue weighted by atomic mass is 10.1. The fourth-order valence-electron chi connectivity index (χ4n) is 1.95. The van der Waals surface area contributed by atoms with Gasteiger partial charge in [0.2, 0.25) is 0 Å². The second kappa shape index (κ2) is 6.92. The molecular formula is C10H13N5O6S3. The van der Waals surface area contributed by atoms with Crippen LogP contribution in [0.1, 0.15) is 5.69 Å². The van der Waals surface area contributed by atoms with Crippen molar-refractivity contribution in [2.45, 2.75) is 11.4 Å². The van der Waals surface area contributed by atoms with E-state index in [0.717, 1.165) is 23.1 Å². The van der Waals surface area contributed by atoms with Gasteiger partial charge in [-0.2, -0.15) is 12.7 Å². The molecule has 2 heterocycles. The first-order valence-electron chi connectivity index (χ1n) is 6.17. The van der Waals surface area contributed by atoms with Crippen LogP contribution < -0.4 is 11.1 Å². The predicted octanol–water partition coefficient (Wildman–Crippen LogP) is -1.11. The monoisotopic (exact) mass is 395 g/mol.